The Labute approximate surface area is 120 Å². The fourth-order valence-corrected chi connectivity index (χ4v) is 2.28. The van der Waals surface area contributed by atoms with Crippen LogP contribution < -0.4 is 5.32 Å². The van der Waals surface area contributed by atoms with Gasteiger partial charge in [-0.25, -0.2) is 4.68 Å². The van der Waals surface area contributed by atoms with E-state index in [2.05, 4.69) is 59.8 Å². The van der Waals surface area contributed by atoms with Crippen LogP contribution in [-0.4, -0.2) is 26.2 Å². The van der Waals surface area contributed by atoms with Crippen molar-refractivity contribution >= 4 is 5.69 Å². The van der Waals surface area contributed by atoms with Crippen molar-refractivity contribution < 1.29 is 0 Å². The van der Waals surface area contributed by atoms with Crippen LogP contribution in [-0.2, 0) is 0 Å². The molecule has 0 spiro atoms. The zero-order valence-corrected chi connectivity index (χ0v) is 12.5. The summed E-state index contributed by atoms with van der Waals surface area (Å²) in [5.41, 5.74) is 3.30. The molecule has 0 saturated heterocycles. The number of tetrazole rings is 1. The Morgan fingerprint density at radius 3 is 2.80 bits per heavy atom. The van der Waals surface area contributed by atoms with Crippen LogP contribution >= 0.6 is 0 Å². The molecule has 1 aromatic heterocycles. The first-order valence-electron chi connectivity index (χ1n) is 7.35. The normalized spacial score (nSPS) is 12.3. The zero-order valence-electron chi connectivity index (χ0n) is 12.5. The summed E-state index contributed by atoms with van der Waals surface area (Å²) in [6, 6.07) is 6.86. The monoisotopic (exact) mass is 273 g/mol. The Morgan fingerprint density at radius 1 is 1.30 bits per heavy atom. The smallest absolute Gasteiger partial charge is 0.143 e. The molecule has 5 heteroatoms. The first-order chi connectivity index (χ1) is 9.74. The van der Waals surface area contributed by atoms with Crippen LogP contribution in [0.25, 0.3) is 5.69 Å². The average molecular weight is 273 g/mol. The summed E-state index contributed by atoms with van der Waals surface area (Å²) in [6.45, 7) is 6.52. The molecule has 2 aromatic rings. The zero-order chi connectivity index (χ0) is 14.4. The molecular formula is C15H23N5. The summed E-state index contributed by atoms with van der Waals surface area (Å²) in [7, 11) is 0. The Balaban J connectivity index is 2.15. The summed E-state index contributed by atoms with van der Waals surface area (Å²) in [5.74, 6) is 0. The minimum absolute atomic E-state index is 0.527. The van der Waals surface area contributed by atoms with Crippen LogP contribution in [0.3, 0.4) is 0 Å². The third-order valence-electron chi connectivity index (χ3n) is 3.57. The highest BCUT2D eigenvalue weighted by Crippen LogP contribution is 2.20. The SMILES string of the molecule is CCCCC(CC)Nc1ccc(C)c(-n2cnnn2)c1. The van der Waals surface area contributed by atoms with E-state index in [1.165, 1.54) is 19.3 Å². The van der Waals surface area contributed by atoms with Gasteiger partial charge >= 0.3 is 0 Å². The van der Waals surface area contributed by atoms with Crippen molar-refractivity contribution in [2.24, 2.45) is 0 Å². The summed E-state index contributed by atoms with van der Waals surface area (Å²) in [5, 5.41) is 15.0. The van der Waals surface area contributed by atoms with E-state index in [0.717, 1.165) is 23.4 Å². The van der Waals surface area contributed by atoms with Crippen molar-refractivity contribution in [1.82, 2.24) is 20.2 Å². The Bertz CT molecular complexity index is 521. The highest BCUT2D eigenvalue weighted by Gasteiger charge is 2.08. The molecule has 0 fully saturated rings. The van der Waals surface area contributed by atoms with E-state index >= 15 is 0 Å². The molecule has 1 atom stereocenters. The molecule has 0 aliphatic carbocycles. The predicted octanol–water partition coefficient (Wildman–Crippen LogP) is 3.35. The van der Waals surface area contributed by atoms with Gasteiger partial charge in [0, 0.05) is 11.7 Å². The number of rotatable bonds is 7. The maximum atomic E-state index is 3.97. The predicted molar refractivity (Wildman–Crippen MR) is 81.1 cm³/mol. The lowest BCUT2D eigenvalue weighted by Crippen LogP contribution is -2.18. The van der Waals surface area contributed by atoms with Crippen LogP contribution in [0.1, 0.15) is 45.1 Å². The lowest BCUT2D eigenvalue weighted by molar-refractivity contribution is 0.593. The van der Waals surface area contributed by atoms with Crippen LogP contribution in [0.2, 0.25) is 0 Å². The molecule has 0 saturated carbocycles. The van der Waals surface area contributed by atoms with E-state index in [-0.39, 0.29) is 0 Å². The van der Waals surface area contributed by atoms with Gasteiger partial charge in [0.2, 0.25) is 0 Å². The van der Waals surface area contributed by atoms with E-state index in [1.54, 1.807) is 11.0 Å². The van der Waals surface area contributed by atoms with Gasteiger partial charge in [0.05, 0.1) is 5.69 Å². The third-order valence-corrected chi connectivity index (χ3v) is 3.57. The van der Waals surface area contributed by atoms with E-state index in [9.17, 15) is 0 Å². The van der Waals surface area contributed by atoms with Crippen molar-refractivity contribution in [3.8, 4) is 5.69 Å². The first kappa shape index (κ1) is 14.5. The lowest BCUT2D eigenvalue weighted by atomic mass is 10.1. The summed E-state index contributed by atoms with van der Waals surface area (Å²) in [4.78, 5) is 0. The largest absolute Gasteiger partial charge is 0.382 e. The van der Waals surface area contributed by atoms with Gasteiger partial charge in [0.1, 0.15) is 6.33 Å². The molecule has 0 amide bonds. The van der Waals surface area contributed by atoms with Gasteiger partial charge in [-0.1, -0.05) is 32.8 Å². The Hall–Kier alpha value is -1.91. The molecule has 20 heavy (non-hydrogen) atoms. The highest BCUT2D eigenvalue weighted by atomic mass is 15.5. The minimum atomic E-state index is 0.527. The summed E-state index contributed by atoms with van der Waals surface area (Å²) < 4.78 is 1.70. The van der Waals surface area contributed by atoms with E-state index < -0.39 is 0 Å². The van der Waals surface area contributed by atoms with Crippen molar-refractivity contribution in [3.05, 3.63) is 30.1 Å². The maximum Gasteiger partial charge on any atom is 0.143 e. The topological polar surface area (TPSA) is 55.6 Å². The van der Waals surface area contributed by atoms with Crippen LogP contribution in [0.4, 0.5) is 5.69 Å². The second-order valence-corrected chi connectivity index (χ2v) is 5.15. The fraction of sp³-hybridized carbons (Fsp3) is 0.533. The Morgan fingerprint density at radius 2 is 2.15 bits per heavy atom. The highest BCUT2D eigenvalue weighted by molar-refractivity contribution is 5.54. The molecule has 1 heterocycles. The van der Waals surface area contributed by atoms with Crippen LogP contribution in [0.15, 0.2) is 24.5 Å². The van der Waals surface area contributed by atoms with Crippen molar-refractivity contribution in [2.45, 2.75) is 52.5 Å². The van der Waals surface area contributed by atoms with E-state index in [1.807, 2.05) is 0 Å². The van der Waals surface area contributed by atoms with Crippen molar-refractivity contribution in [3.63, 3.8) is 0 Å². The second kappa shape index (κ2) is 7.03. The number of hydrogen-bond donors (Lipinski definition) is 1. The number of nitrogens with zero attached hydrogens (tertiary/aromatic N) is 4. The van der Waals surface area contributed by atoms with Gasteiger partial charge < -0.3 is 5.32 Å². The van der Waals surface area contributed by atoms with Gasteiger partial charge in [-0.3, -0.25) is 0 Å². The standard InChI is InChI=1S/C15H23N5/c1-4-6-7-13(5-2)17-14-9-8-12(3)15(10-14)20-11-16-18-19-20/h8-11,13,17H,4-7H2,1-3H3. The quantitative estimate of drug-likeness (QED) is 0.840. The second-order valence-electron chi connectivity index (χ2n) is 5.15. The minimum Gasteiger partial charge on any atom is -0.382 e. The van der Waals surface area contributed by atoms with Gasteiger partial charge in [-0.2, -0.15) is 0 Å². The maximum absolute atomic E-state index is 3.97. The molecule has 2 rings (SSSR count). The van der Waals surface area contributed by atoms with E-state index in [0.29, 0.717) is 6.04 Å². The molecule has 1 N–H and O–H groups in total. The molecule has 5 nitrogen and oxygen atoms in total. The number of aryl methyl sites for hydroxylation is 1. The van der Waals surface area contributed by atoms with Crippen LogP contribution in [0, 0.1) is 6.92 Å². The molecule has 1 aromatic carbocycles. The molecular weight excluding hydrogens is 250 g/mol. The Kier molecular flexibility index (Phi) is 5.09. The first-order valence-corrected chi connectivity index (χ1v) is 7.35. The van der Waals surface area contributed by atoms with Gasteiger partial charge in [0.25, 0.3) is 0 Å². The summed E-state index contributed by atoms with van der Waals surface area (Å²) in [6.07, 6.45) is 6.47. The van der Waals surface area contributed by atoms with Gasteiger partial charge in [0.15, 0.2) is 0 Å². The molecule has 0 bridgehead atoms. The molecule has 0 aliphatic heterocycles. The molecule has 108 valence electrons. The number of anilines is 1. The van der Waals surface area contributed by atoms with Gasteiger partial charge in [-0.05, 0) is 47.9 Å². The van der Waals surface area contributed by atoms with Crippen molar-refractivity contribution in [1.29, 1.82) is 0 Å². The number of unbranched alkanes of at least 4 members (excludes halogenated alkanes) is 1. The van der Waals surface area contributed by atoms with E-state index in [4.69, 9.17) is 0 Å². The summed E-state index contributed by atoms with van der Waals surface area (Å²) >= 11 is 0. The number of hydrogen-bond acceptors (Lipinski definition) is 4. The van der Waals surface area contributed by atoms with Gasteiger partial charge in [-0.15, -0.1) is 5.10 Å². The fourth-order valence-electron chi connectivity index (χ4n) is 2.28. The number of benzene rings is 1. The average Bonchev–Trinajstić information content (AvgIpc) is 2.99. The molecule has 0 radical (unpaired) electrons. The number of nitrogens with one attached hydrogen (secondary N) is 1. The van der Waals surface area contributed by atoms with Crippen LogP contribution in [0.5, 0.6) is 0 Å². The number of aromatic nitrogens is 4. The van der Waals surface area contributed by atoms with Crippen molar-refractivity contribution in [2.75, 3.05) is 5.32 Å². The molecule has 1 unspecified atom stereocenters. The lowest BCUT2D eigenvalue weighted by Gasteiger charge is -2.19. The molecule has 0 aliphatic rings. The third kappa shape index (κ3) is 3.56.